The normalized spacial score (nSPS) is 11.6. The van der Waals surface area contributed by atoms with Crippen LogP contribution in [0, 0.1) is 0 Å². The minimum atomic E-state index is -1.04. The highest BCUT2D eigenvalue weighted by Gasteiger charge is 2.21. The van der Waals surface area contributed by atoms with Crippen molar-refractivity contribution in [3.8, 4) is 0 Å². The molecule has 132 valence electrons. The van der Waals surface area contributed by atoms with Gasteiger partial charge >= 0.3 is 5.97 Å². The van der Waals surface area contributed by atoms with E-state index in [0.717, 1.165) is 16.9 Å². The minimum Gasteiger partial charge on any atom is -0.449 e. The number of esters is 1. The molecule has 0 saturated heterocycles. The van der Waals surface area contributed by atoms with Gasteiger partial charge in [-0.3, -0.25) is 9.59 Å². The number of anilines is 1. The Morgan fingerprint density at radius 1 is 1.28 bits per heavy atom. The van der Waals surface area contributed by atoms with Crippen LogP contribution in [0.1, 0.15) is 33.2 Å². The van der Waals surface area contributed by atoms with Crippen molar-refractivity contribution in [1.82, 2.24) is 0 Å². The number of carbonyl (C=O) groups is 3. The Labute approximate surface area is 148 Å². The predicted octanol–water partition coefficient (Wildman–Crippen LogP) is 2.18. The lowest BCUT2D eigenvalue weighted by Crippen LogP contribution is -2.30. The molecule has 2 rings (SSSR count). The summed E-state index contributed by atoms with van der Waals surface area (Å²) in [5.41, 5.74) is 6.58. The first-order chi connectivity index (χ1) is 11.9. The van der Waals surface area contributed by atoms with Gasteiger partial charge in [-0.05, 0) is 36.1 Å². The SMILES string of the molecule is COCc1cccc(C(=O)O[C@@H](C)C(=O)Nc2sccc2C(N)=O)c1. The van der Waals surface area contributed by atoms with Gasteiger partial charge in [0.25, 0.3) is 11.8 Å². The van der Waals surface area contributed by atoms with Gasteiger partial charge in [-0.25, -0.2) is 4.79 Å². The lowest BCUT2D eigenvalue weighted by Gasteiger charge is -2.13. The van der Waals surface area contributed by atoms with E-state index in [2.05, 4.69) is 5.32 Å². The van der Waals surface area contributed by atoms with Crippen LogP contribution in [-0.2, 0) is 20.9 Å². The van der Waals surface area contributed by atoms with Crippen molar-refractivity contribution in [1.29, 1.82) is 0 Å². The Hall–Kier alpha value is -2.71. The number of primary amides is 1. The quantitative estimate of drug-likeness (QED) is 0.734. The number of benzene rings is 1. The summed E-state index contributed by atoms with van der Waals surface area (Å²) in [7, 11) is 1.56. The fourth-order valence-electron chi connectivity index (χ4n) is 2.05. The van der Waals surface area contributed by atoms with Crippen LogP contribution in [-0.4, -0.2) is 31.0 Å². The number of carbonyl (C=O) groups excluding carboxylic acids is 3. The third-order valence-electron chi connectivity index (χ3n) is 3.29. The molecular weight excluding hydrogens is 344 g/mol. The summed E-state index contributed by atoms with van der Waals surface area (Å²) in [6, 6.07) is 8.27. The molecule has 3 N–H and O–H groups in total. The summed E-state index contributed by atoms with van der Waals surface area (Å²) in [4.78, 5) is 35.6. The molecule has 1 aromatic carbocycles. The van der Waals surface area contributed by atoms with E-state index in [1.807, 2.05) is 6.07 Å². The number of amides is 2. The maximum Gasteiger partial charge on any atom is 0.338 e. The maximum atomic E-state index is 12.2. The number of hydrogen-bond donors (Lipinski definition) is 2. The molecule has 1 atom stereocenters. The standard InChI is InChI=1S/C17H18N2O5S/c1-10(15(21)19-16-13(14(18)20)6-7-25-16)24-17(22)12-5-3-4-11(8-12)9-23-2/h3-8,10H,9H2,1-2H3,(H2,18,20)(H,19,21)/t10-/m0/s1. The highest BCUT2D eigenvalue weighted by atomic mass is 32.1. The van der Waals surface area contributed by atoms with E-state index in [4.69, 9.17) is 15.2 Å². The third-order valence-corrected chi connectivity index (χ3v) is 4.12. The van der Waals surface area contributed by atoms with Crippen LogP contribution < -0.4 is 11.1 Å². The molecule has 0 aliphatic rings. The van der Waals surface area contributed by atoms with Crippen LogP contribution >= 0.6 is 11.3 Å². The molecule has 0 aliphatic carbocycles. The van der Waals surface area contributed by atoms with Crippen LogP contribution in [0.15, 0.2) is 35.7 Å². The average molecular weight is 362 g/mol. The molecule has 2 aromatic rings. The fraction of sp³-hybridized carbons (Fsp3) is 0.235. The van der Waals surface area contributed by atoms with Crippen molar-refractivity contribution in [3.05, 3.63) is 52.4 Å². The lowest BCUT2D eigenvalue weighted by atomic mass is 10.1. The molecule has 1 aromatic heterocycles. The molecule has 8 heteroatoms. The Balaban J connectivity index is 2.00. The number of rotatable bonds is 7. The van der Waals surface area contributed by atoms with Crippen molar-refractivity contribution in [2.24, 2.45) is 5.73 Å². The zero-order valence-electron chi connectivity index (χ0n) is 13.8. The van der Waals surface area contributed by atoms with Gasteiger partial charge in [0, 0.05) is 7.11 Å². The van der Waals surface area contributed by atoms with Gasteiger partial charge in [0.15, 0.2) is 6.10 Å². The van der Waals surface area contributed by atoms with Gasteiger partial charge in [-0.2, -0.15) is 0 Å². The summed E-state index contributed by atoms with van der Waals surface area (Å²) in [5, 5.41) is 4.50. The van der Waals surface area contributed by atoms with Crippen LogP contribution in [0.4, 0.5) is 5.00 Å². The molecule has 25 heavy (non-hydrogen) atoms. The number of nitrogens with one attached hydrogen (secondary N) is 1. The van der Waals surface area contributed by atoms with Crippen molar-refractivity contribution in [2.75, 3.05) is 12.4 Å². The first kappa shape index (κ1) is 18.6. The van der Waals surface area contributed by atoms with E-state index in [1.54, 1.807) is 30.7 Å². The first-order valence-corrected chi connectivity index (χ1v) is 8.27. The highest BCUT2D eigenvalue weighted by molar-refractivity contribution is 7.14. The molecule has 2 amide bonds. The second-order valence-corrected chi connectivity index (χ2v) is 6.11. The van der Waals surface area contributed by atoms with E-state index in [9.17, 15) is 14.4 Å². The fourth-order valence-corrected chi connectivity index (χ4v) is 2.85. The van der Waals surface area contributed by atoms with Crippen LogP contribution in [0.25, 0.3) is 0 Å². The first-order valence-electron chi connectivity index (χ1n) is 7.39. The Morgan fingerprint density at radius 2 is 2.04 bits per heavy atom. The number of ether oxygens (including phenoxy) is 2. The number of hydrogen-bond acceptors (Lipinski definition) is 6. The molecule has 0 aliphatic heterocycles. The average Bonchev–Trinajstić information content (AvgIpc) is 3.03. The van der Waals surface area contributed by atoms with Gasteiger partial charge in [0.1, 0.15) is 5.00 Å². The highest BCUT2D eigenvalue weighted by Crippen LogP contribution is 2.23. The van der Waals surface area contributed by atoms with E-state index in [1.165, 1.54) is 13.0 Å². The van der Waals surface area contributed by atoms with Gasteiger partial charge in [-0.15, -0.1) is 11.3 Å². The second kappa shape index (κ2) is 8.41. The summed E-state index contributed by atoms with van der Waals surface area (Å²) in [6.45, 7) is 1.81. The molecule has 1 heterocycles. The van der Waals surface area contributed by atoms with Crippen molar-refractivity contribution in [3.63, 3.8) is 0 Å². The van der Waals surface area contributed by atoms with E-state index in [-0.39, 0.29) is 5.56 Å². The van der Waals surface area contributed by atoms with E-state index >= 15 is 0 Å². The Bertz CT molecular complexity index is 787. The molecule has 0 fully saturated rings. The predicted molar refractivity (Wildman–Crippen MR) is 93.5 cm³/mol. The molecule has 0 unspecified atom stereocenters. The van der Waals surface area contributed by atoms with E-state index in [0.29, 0.717) is 17.2 Å². The van der Waals surface area contributed by atoms with Gasteiger partial charge in [0.2, 0.25) is 0 Å². The smallest absolute Gasteiger partial charge is 0.338 e. The summed E-state index contributed by atoms with van der Waals surface area (Å²) in [5.74, 6) is -1.82. The Kier molecular flexibility index (Phi) is 6.26. The van der Waals surface area contributed by atoms with Crippen molar-refractivity contribution in [2.45, 2.75) is 19.6 Å². The second-order valence-electron chi connectivity index (χ2n) is 5.20. The van der Waals surface area contributed by atoms with Gasteiger partial charge in [-0.1, -0.05) is 12.1 Å². The summed E-state index contributed by atoms with van der Waals surface area (Å²) >= 11 is 1.16. The lowest BCUT2D eigenvalue weighted by molar-refractivity contribution is -0.123. The summed E-state index contributed by atoms with van der Waals surface area (Å²) in [6.07, 6.45) is -1.04. The van der Waals surface area contributed by atoms with Crippen LogP contribution in [0.5, 0.6) is 0 Å². The third kappa shape index (κ3) is 4.88. The van der Waals surface area contributed by atoms with Crippen LogP contribution in [0.3, 0.4) is 0 Å². The molecular formula is C17H18N2O5S. The van der Waals surface area contributed by atoms with Gasteiger partial charge in [0.05, 0.1) is 17.7 Å². The maximum absolute atomic E-state index is 12.2. The molecule has 0 radical (unpaired) electrons. The van der Waals surface area contributed by atoms with Crippen LogP contribution in [0.2, 0.25) is 0 Å². The molecule has 7 nitrogen and oxygen atoms in total. The number of methoxy groups -OCH3 is 1. The van der Waals surface area contributed by atoms with Crippen molar-refractivity contribution >= 4 is 34.1 Å². The van der Waals surface area contributed by atoms with E-state index < -0.39 is 23.9 Å². The Morgan fingerprint density at radius 3 is 2.72 bits per heavy atom. The number of thiophene rings is 1. The van der Waals surface area contributed by atoms with Crippen molar-refractivity contribution < 1.29 is 23.9 Å². The van der Waals surface area contributed by atoms with Gasteiger partial charge < -0.3 is 20.5 Å². The topological polar surface area (TPSA) is 108 Å². The largest absolute Gasteiger partial charge is 0.449 e. The zero-order chi connectivity index (χ0) is 18.4. The number of nitrogens with two attached hydrogens (primary N) is 1. The molecule has 0 saturated carbocycles. The summed E-state index contributed by atoms with van der Waals surface area (Å²) < 4.78 is 10.2. The minimum absolute atomic E-state index is 0.212. The molecule has 0 spiro atoms. The monoisotopic (exact) mass is 362 g/mol. The zero-order valence-corrected chi connectivity index (χ0v) is 14.6. The molecule has 0 bridgehead atoms.